The Morgan fingerprint density at radius 2 is 2.00 bits per heavy atom. The lowest BCUT2D eigenvalue weighted by molar-refractivity contribution is -0.337. The normalized spacial score (nSPS) is 43.9. The zero-order valence-electron chi connectivity index (χ0n) is 19.9. The van der Waals surface area contributed by atoms with E-state index in [0.717, 1.165) is 32.1 Å². The Labute approximate surface area is 192 Å². The lowest BCUT2D eigenvalue weighted by Crippen LogP contribution is -2.46. The summed E-state index contributed by atoms with van der Waals surface area (Å²) in [5, 5.41) is 20.3. The topological polar surface area (TPSA) is 76.0 Å². The van der Waals surface area contributed by atoms with Crippen LogP contribution >= 0.6 is 0 Å². The van der Waals surface area contributed by atoms with Crippen LogP contribution in [0.25, 0.3) is 0 Å². The van der Waals surface area contributed by atoms with Crippen LogP contribution in [0.15, 0.2) is 35.5 Å². The molecule has 4 fully saturated rings. The van der Waals surface area contributed by atoms with Gasteiger partial charge in [0.15, 0.2) is 5.60 Å². The van der Waals surface area contributed by atoms with Gasteiger partial charge in [-0.05, 0) is 93.5 Å². The van der Waals surface area contributed by atoms with Crippen LogP contribution in [-0.2, 0) is 14.6 Å². The molecule has 4 aliphatic rings. The first-order valence-electron chi connectivity index (χ1n) is 12.5. The minimum atomic E-state index is -1.46. The molecule has 5 heteroatoms. The average Bonchev–Trinajstić information content (AvgIpc) is 3.19. The number of carbonyl (C=O) groups is 1. The number of aliphatic hydroxyl groups is 2. The predicted molar refractivity (Wildman–Crippen MR) is 123 cm³/mol. The van der Waals surface area contributed by atoms with E-state index in [-0.39, 0.29) is 12.2 Å². The van der Waals surface area contributed by atoms with Crippen molar-refractivity contribution in [3.63, 3.8) is 0 Å². The SMILES string of the molecule is C=C1CCC(O)C/C1=C\C=C1/CC[C@@H](C)C2C1CCC2C(C)CC1CC(C)(O)C(=O)OO1. The van der Waals surface area contributed by atoms with E-state index < -0.39 is 11.6 Å². The van der Waals surface area contributed by atoms with Crippen LogP contribution in [0.5, 0.6) is 0 Å². The number of fused-ring (bicyclic) bond motifs is 1. The Balaban J connectivity index is 1.44. The second kappa shape index (κ2) is 9.44. The molecule has 1 saturated heterocycles. The summed E-state index contributed by atoms with van der Waals surface area (Å²) in [7, 11) is 0. The summed E-state index contributed by atoms with van der Waals surface area (Å²) in [6, 6.07) is 0. The smallest absolute Gasteiger partial charge is 0.373 e. The predicted octanol–water partition coefficient (Wildman–Crippen LogP) is 5.04. The van der Waals surface area contributed by atoms with Crippen molar-refractivity contribution < 1.29 is 24.8 Å². The van der Waals surface area contributed by atoms with Crippen LogP contribution in [0.1, 0.15) is 78.6 Å². The van der Waals surface area contributed by atoms with E-state index in [2.05, 4.69) is 32.6 Å². The summed E-state index contributed by atoms with van der Waals surface area (Å²) in [6.45, 7) is 10.4. The maximum absolute atomic E-state index is 11.7. The van der Waals surface area contributed by atoms with Crippen molar-refractivity contribution in [1.82, 2.24) is 0 Å². The largest absolute Gasteiger partial charge is 0.393 e. The van der Waals surface area contributed by atoms with Gasteiger partial charge < -0.3 is 10.2 Å². The molecule has 178 valence electrons. The lowest BCUT2D eigenvalue weighted by atomic mass is 9.66. The highest BCUT2D eigenvalue weighted by atomic mass is 17.2. The van der Waals surface area contributed by atoms with Gasteiger partial charge in [0.25, 0.3) is 0 Å². The molecule has 2 N–H and O–H groups in total. The van der Waals surface area contributed by atoms with Crippen LogP contribution in [0.4, 0.5) is 0 Å². The van der Waals surface area contributed by atoms with Crippen LogP contribution in [0.3, 0.4) is 0 Å². The summed E-state index contributed by atoms with van der Waals surface area (Å²) in [5.74, 6) is 2.34. The monoisotopic (exact) mass is 444 g/mol. The van der Waals surface area contributed by atoms with E-state index in [1.165, 1.54) is 37.3 Å². The highest BCUT2D eigenvalue weighted by Crippen LogP contribution is 2.54. The minimum absolute atomic E-state index is 0.233. The summed E-state index contributed by atoms with van der Waals surface area (Å²) in [5.41, 5.74) is 2.49. The second-order valence-corrected chi connectivity index (χ2v) is 11.2. The molecule has 0 amide bonds. The fraction of sp³-hybridized carbons (Fsp3) is 0.741. The molecule has 0 aromatic heterocycles. The lowest BCUT2D eigenvalue weighted by Gasteiger charge is -2.40. The molecule has 5 nitrogen and oxygen atoms in total. The van der Waals surface area contributed by atoms with E-state index in [4.69, 9.17) is 9.78 Å². The van der Waals surface area contributed by atoms with Crippen LogP contribution in [0.2, 0.25) is 0 Å². The zero-order chi connectivity index (χ0) is 23.0. The third-order valence-electron chi connectivity index (χ3n) is 8.67. The van der Waals surface area contributed by atoms with Crippen molar-refractivity contribution in [2.45, 2.75) is 96.4 Å². The van der Waals surface area contributed by atoms with E-state index >= 15 is 0 Å². The third kappa shape index (κ3) is 4.90. The summed E-state index contributed by atoms with van der Waals surface area (Å²) >= 11 is 0. The van der Waals surface area contributed by atoms with Gasteiger partial charge in [-0.2, -0.15) is 4.89 Å². The first kappa shape index (κ1) is 23.7. The molecule has 3 aliphatic carbocycles. The summed E-state index contributed by atoms with van der Waals surface area (Å²) < 4.78 is 0. The molecule has 0 spiro atoms. The number of carbonyl (C=O) groups excluding carboxylic acids is 1. The van der Waals surface area contributed by atoms with Gasteiger partial charge in [0.1, 0.15) is 6.10 Å². The number of aliphatic hydroxyl groups excluding tert-OH is 1. The highest BCUT2D eigenvalue weighted by Gasteiger charge is 2.47. The van der Waals surface area contributed by atoms with Gasteiger partial charge in [0.05, 0.1) is 6.10 Å². The maximum Gasteiger partial charge on any atom is 0.373 e. The Bertz CT molecular complexity index is 794. The van der Waals surface area contributed by atoms with Gasteiger partial charge in [-0.1, -0.05) is 43.7 Å². The average molecular weight is 445 g/mol. The molecular formula is C27H40O5. The number of rotatable bonds is 4. The number of hydrogen-bond acceptors (Lipinski definition) is 5. The van der Waals surface area contributed by atoms with Crippen molar-refractivity contribution in [1.29, 1.82) is 0 Å². The quantitative estimate of drug-likeness (QED) is 0.594. The van der Waals surface area contributed by atoms with E-state index in [1.54, 1.807) is 5.57 Å². The molecule has 0 aromatic rings. The molecule has 4 rings (SSSR count). The van der Waals surface area contributed by atoms with Gasteiger partial charge in [0, 0.05) is 6.42 Å². The fourth-order valence-electron chi connectivity index (χ4n) is 6.82. The van der Waals surface area contributed by atoms with Gasteiger partial charge in [-0.25, -0.2) is 4.79 Å². The van der Waals surface area contributed by atoms with E-state index in [9.17, 15) is 15.0 Å². The standard InChI is InChI=1S/C27H40O5/c1-16-6-10-21(28)14-20(16)9-8-19-7-5-17(2)25-23(11-12-24(19)25)18(3)13-22-15-27(4,30)26(29)32-31-22/h8-9,17-18,21-25,28,30H,1,5-7,10-15H2,2-4H3/b19-8+,20-9+/t17-,18?,21?,22?,23?,24?,25?,27?/m1/s1. The summed E-state index contributed by atoms with van der Waals surface area (Å²) in [6.07, 6.45) is 12.4. The Morgan fingerprint density at radius 3 is 2.75 bits per heavy atom. The minimum Gasteiger partial charge on any atom is -0.393 e. The molecule has 3 saturated carbocycles. The molecule has 32 heavy (non-hydrogen) atoms. The first-order valence-corrected chi connectivity index (χ1v) is 12.5. The van der Waals surface area contributed by atoms with Crippen molar-refractivity contribution in [2.75, 3.05) is 0 Å². The van der Waals surface area contributed by atoms with Crippen molar-refractivity contribution >= 4 is 5.97 Å². The maximum atomic E-state index is 11.7. The molecule has 0 bridgehead atoms. The molecular weight excluding hydrogens is 404 g/mol. The van der Waals surface area contributed by atoms with Crippen LogP contribution in [0, 0.1) is 29.6 Å². The van der Waals surface area contributed by atoms with Gasteiger partial charge >= 0.3 is 5.97 Å². The number of allylic oxidation sites excluding steroid dienone is 4. The Hall–Kier alpha value is -1.43. The van der Waals surface area contributed by atoms with Crippen LogP contribution in [-0.4, -0.2) is 34.0 Å². The zero-order valence-corrected chi connectivity index (χ0v) is 19.9. The first-order chi connectivity index (χ1) is 15.2. The molecule has 0 aromatic carbocycles. The molecule has 1 heterocycles. The van der Waals surface area contributed by atoms with E-state index in [1.807, 2.05) is 0 Å². The molecule has 1 aliphatic heterocycles. The number of hydrogen-bond donors (Lipinski definition) is 2. The van der Waals surface area contributed by atoms with Crippen molar-refractivity contribution in [3.8, 4) is 0 Å². The van der Waals surface area contributed by atoms with Crippen molar-refractivity contribution in [3.05, 3.63) is 35.5 Å². The van der Waals surface area contributed by atoms with Crippen LogP contribution < -0.4 is 0 Å². The van der Waals surface area contributed by atoms with Crippen molar-refractivity contribution in [2.24, 2.45) is 29.6 Å². The van der Waals surface area contributed by atoms with Gasteiger partial charge in [0.2, 0.25) is 0 Å². The fourth-order valence-corrected chi connectivity index (χ4v) is 6.82. The van der Waals surface area contributed by atoms with Gasteiger partial charge in [-0.3, -0.25) is 4.89 Å². The Kier molecular flexibility index (Phi) is 7.00. The third-order valence-corrected chi connectivity index (χ3v) is 8.67. The molecule has 7 unspecified atom stereocenters. The van der Waals surface area contributed by atoms with E-state index in [0.29, 0.717) is 36.0 Å². The van der Waals surface area contributed by atoms with Gasteiger partial charge in [-0.15, -0.1) is 0 Å². The summed E-state index contributed by atoms with van der Waals surface area (Å²) in [4.78, 5) is 21.8. The highest BCUT2D eigenvalue weighted by molar-refractivity contribution is 5.78. The molecule has 0 radical (unpaired) electrons. The Morgan fingerprint density at radius 1 is 1.22 bits per heavy atom. The molecule has 8 atom stereocenters. The second-order valence-electron chi connectivity index (χ2n) is 11.2.